The van der Waals surface area contributed by atoms with Crippen molar-refractivity contribution < 1.29 is 22.8 Å². The molecule has 3 aliphatic rings. The summed E-state index contributed by atoms with van der Waals surface area (Å²) in [6, 6.07) is 5.34. The highest BCUT2D eigenvalue weighted by Crippen LogP contribution is 2.35. The SMILES string of the molecule is CC(CN1CCCC1)CN(C)c1nc2nc(C3NOC(=O)N3)nc(N[C@H](C)C3CCC3)c2n1Cc1ccc(C(F)(F)F)cc1. The van der Waals surface area contributed by atoms with Crippen molar-refractivity contribution in [1.82, 2.24) is 35.2 Å². The Labute approximate surface area is 254 Å². The van der Waals surface area contributed by atoms with E-state index in [1.807, 2.05) is 11.6 Å². The minimum atomic E-state index is -4.41. The van der Waals surface area contributed by atoms with Gasteiger partial charge >= 0.3 is 12.3 Å². The van der Waals surface area contributed by atoms with Gasteiger partial charge in [-0.25, -0.2) is 14.8 Å². The number of carbonyl (C=O) groups is 1. The van der Waals surface area contributed by atoms with Crippen molar-refractivity contribution in [3.8, 4) is 0 Å². The lowest BCUT2D eigenvalue weighted by atomic mass is 9.80. The maximum Gasteiger partial charge on any atom is 0.427 e. The predicted octanol–water partition coefficient (Wildman–Crippen LogP) is 4.91. The summed E-state index contributed by atoms with van der Waals surface area (Å²) < 4.78 is 41.9. The Morgan fingerprint density at radius 1 is 1.09 bits per heavy atom. The highest BCUT2D eigenvalue weighted by molar-refractivity contribution is 5.86. The average Bonchev–Trinajstić information content (AvgIpc) is 3.68. The molecule has 4 heterocycles. The molecule has 1 aromatic carbocycles. The number of anilines is 2. The van der Waals surface area contributed by atoms with Crippen LogP contribution in [0.1, 0.15) is 69.1 Å². The van der Waals surface area contributed by atoms with Crippen molar-refractivity contribution in [2.75, 3.05) is 43.4 Å². The molecule has 2 aromatic heterocycles. The van der Waals surface area contributed by atoms with E-state index in [4.69, 9.17) is 19.8 Å². The van der Waals surface area contributed by atoms with E-state index in [0.29, 0.717) is 46.2 Å². The minimum absolute atomic E-state index is 0.119. The zero-order valence-electron chi connectivity index (χ0n) is 25.3. The van der Waals surface area contributed by atoms with Gasteiger partial charge in [-0.1, -0.05) is 25.5 Å². The molecule has 0 radical (unpaired) electrons. The van der Waals surface area contributed by atoms with E-state index in [9.17, 15) is 18.0 Å². The lowest BCUT2D eigenvalue weighted by molar-refractivity contribution is -0.137. The van der Waals surface area contributed by atoms with Gasteiger partial charge in [0, 0.05) is 26.2 Å². The Morgan fingerprint density at radius 2 is 1.82 bits per heavy atom. The molecule has 3 atom stereocenters. The second kappa shape index (κ2) is 12.4. The molecule has 2 unspecified atom stereocenters. The Kier molecular flexibility index (Phi) is 8.55. The molecule has 238 valence electrons. The number of nitrogens with one attached hydrogen (secondary N) is 3. The number of hydrogen-bond donors (Lipinski definition) is 3. The van der Waals surface area contributed by atoms with Crippen LogP contribution in [0.5, 0.6) is 0 Å². The van der Waals surface area contributed by atoms with Crippen LogP contribution in [0.3, 0.4) is 0 Å². The molecule has 2 saturated heterocycles. The average molecular weight is 616 g/mol. The molecule has 0 spiro atoms. The van der Waals surface area contributed by atoms with E-state index in [2.05, 4.69) is 39.8 Å². The van der Waals surface area contributed by atoms with Gasteiger partial charge in [-0.2, -0.15) is 18.2 Å². The largest absolute Gasteiger partial charge is 0.427 e. The normalized spacial score (nSPS) is 20.8. The van der Waals surface area contributed by atoms with E-state index >= 15 is 0 Å². The molecule has 1 saturated carbocycles. The summed E-state index contributed by atoms with van der Waals surface area (Å²) in [4.78, 5) is 35.8. The summed E-state index contributed by atoms with van der Waals surface area (Å²) in [7, 11) is 1.98. The van der Waals surface area contributed by atoms with Crippen molar-refractivity contribution in [1.29, 1.82) is 0 Å². The number of carbonyl (C=O) groups excluding carboxylic acids is 1. The van der Waals surface area contributed by atoms with Crippen LogP contribution in [-0.2, 0) is 17.6 Å². The molecule has 3 aromatic rings. The van der Waals surface area contributed by atoms with Crippen molar-refractivity contribution in [3.63, 3.8) is 0 Å². The first-order valence-corrected chi connectivity index (χ1v) is 15.4. The fourth-order valence-corrected chi connectivity index (χ4v) is 6.39. The Balaban J connectivity index is 1.40. The van der Waals surface area contributed by atoms with Gasteiger partial charge in [0.15, 0.2) is 23.5 Å². The van der Waals surface area contributed by atoms with Crippen LogP contribution in [0.15, 0.2) is 24.3 Å². The van der Waals surface area contributed by atoms with Gasteiger partial charge in [0.2, 0.25) is 5.95 Å². The van der Waals surface area contributed by atoms with Gasteiger partial charge in [0.1, 0.15) is 5.52 Å². The fourth-order valence-electron chi connectivity index (χ4n) is 6.39. The number of halogens is 3. The molecule has 14 heteroatoms. The highest BCUT2D eigenvalue weighted by atomic mass is 19.4. The summed E-state index contributed by atoms with van der Waals surface area (Å²) in [5, 5.41) is 6.25. The van der Waals surface area contributed by atoms with Gasteiger partial charge in [-0.15, -0.1) is 5.48 Å². The number of amides is 1. The number of nitrogens with zero attached hydrogens (tertiary/aromatic N) is 6. The molecule has 1 amide bonds. The standard InChI is InChI=1S/C30H40F3N9O2/c1-18(16-41-13-4-5-14-41)15-40(3)28-37-25-23(42(28)17-20-9-11-22(12-10-20)30(31,32)33)24(34-19(2)21-7-6-8-21)35-26(36-25)27-38-29(43)44-39-27/h9-12,18-19,21,27,39H,4-8,13-17H2,1-3H3,(H,38,43)(H,34,35,36)/t18?,19-,27?/m1/s1. The summed E-state index contributed by atoms with van der Waals surface area (Å²) in [5.41, 5.74) is 3.69. The monoisotopic (exact) mass is 615 g/mol. The third-order valence-corrected chi connectivity index (χ3v) is 8.93. The Bertz CT molecular complexity index is 1470. The number of alkyl halides is 3. The predicted molar refractivity (Wildman–Crippen MR) is 160 cm³/mol. The fraction of sp³-hybridized carbons (Fsp3) is 0.600. The van der Waals surface area contributed by atoms with E-state index in [0.717, 1.165) is 51.2 Å². The third-order valence-electron chi connectivity index (χ3n) is 8.93. The number of fused-ring (bicyclic) bond motifs is 1. The van der Waals surface area contributed by atoms with Gasteiger partial charge in [0.05, 0.1) is 12.1 Å². The summed E-state index contributed by atoms with van der Waals surface area (Å²) >= 11 is 0. The van der Waals surface area contributed by atoms with Crippen LogP contribution in [0.4, 0.5) is 29.7 Å². The molecule has 6 rings (SSSR count). The summed E-state index contributed by atoms with van der Waals surface area (Å²) in [5.74, 6) is 2.33. The van der Waals surface area contributed by atoms with Crippen LogP contribution in [0.25, 0.3) is 11.2 Å². The quantitative estimate of drug-likeness (QED) is 0.277. The van der Waals surface area contributed by atoms with Gasteiger partial charge in [-0.3, -0.25) is 5.32 Å². The number of rotatable bonds is 11. The second-order valence-electron chi connectivity index (χ2n) is 12.5. The highest BCUT2D eigenvalue weighted by Gasteiger charge is 2.32. The maximum absolute atomic E-state index is 13.3. The lowest BCUT2D eigenvalue weighted by Crippen LogP contribution is -2.34. The van der Waals surface area contributed by atoms with E-state index < -0.39 is 24.0 Å². The molecule has 2 aliphatic heterocycles. The van der Waals surface area contributed by atoms with E-state index in [1.165, 1.54) is 31.4 Å². The molecule has 3 N–H and O–H groups in total. The first kappa shape index (κ1) is 30.4. The van der Waals surface area contributed by atoms with Crippen molar-refractivity contribution >= 4 is 29.0 Å². The number of hydrogen-bond acceptors (Lipinski definition) is 9. The molecule has 3 fully saturated rings. The van der Waals surface area contributed by atoms with Crippen molar-refractivity contribution in [2.24, 2.45) is 11.8 Å². The first-order chi connectivity index (χ1) is 21.0. The third kappa shape index (κ3) is 6.55. The smallest absolute Gasteiger partial charge is 0.365 e. The Morgan fingerprint density at radius 3 is 2.43 bits per heavy atom. The molecule has 11 nitrogen and oxygen atoms in total. The maximum atomic E-state index is 13.3. The molecule has 44 heavy (non-hydrogen) atoms. The van der Waals surface area contributed by atoms with Gasteiger partial charge in [-0.05, 0) is 75.2 Å². The molecular weight excluding hydrogens is 575 g/mol. The van der Waals surface area contributed by atoms with Crippen LogP contribution in [0.2, 0.25) is 0 Å². The van der Waals surface area contributed by atoms with Crippen molar-refractivity contribution in [3.05, 3.63) is 41.2 Å². The number of imidazole rings is 1. The Hall–Kier alpha value is -3.65. The van der Waals surface area contributed by atoms with Gasteiger partial charge < -0.3 is 24.5 Å². The molecular formula is C30H40F3N9O2. The minimum Gasteiger partial charge on any atom is -0.365 e. The summed E-state index contributed by atoms with van der Waals surface area (Å²) in [6.45, 7) is 8.54. The van der Waals surface area contributed by atoms with Crippen LogP contribution < -0.4 is 21.0 Å². The number of benzene rings is 1. The van der Waals surface area contributed by atoms with Crippen LogP contribution >= 0.6 is 0 Å². The van der Waals surface area contributed by atoms with Crippen LogP contribution in [-0.4, -0.2) is 69.8 Å². The number of hydroxylamine groups is 1. The van der Waals surface area contributed by atoms with Gasteiger partial charge in [0.25, 0.3) is 0 Å². The zero-order valence-corrected chi connectivity index (χ0v) is 25.3. The number of likely N-dealkylation sites (tertiary alicyclic amines) is 1. The van der Waals surface area contributed by atoms with E-state index in [1.54, 1.807) is 0 Å². The van der Waals surface area contributed by atoms with Crippen molar-refractivity contribution in [2.45, 2.75) is 70.9 Å². The summed E-state index contributed by atoms with van der Waals surface area (Å²) in [6.07, 6.45) is 0.0837. The topological polar surface area (TPSA) is 112 Å². The second-order valence-corrected chi connectivity index (χ2v) is 12.5. The first-order valence-electron chi connectivity index (χ1n) is 15.4. The molecule has 0 bridgehead atoms. The number of aromatic nitrogens is 4. The molecule has 1 aliphatic carbocycles. The van der Waals surface area contributed by atoms with Crippen LogP contribution in [0, 0.1) is 11.8 Å². The zero-order chi connectivity index (χ0) is 31.0. The van der Waals surface area contributed by atoms with E-state index in [-0.39, 0.29) is 12.6 Å². The lowest BCUT2D eigenvalue weighted by Gasteiger charge is -2.32.